The second-order valence-electron chi connectivity index (χ2n) is 3.18. The van der Waals surface area contributed by atoms with Crippen LogP contribution < -0.4 is 5.56 Å². The number of nitrogens with one attached hydrogen (secondary N) is 1. The summed E-state index contributed by atoms with van der Waals surface area (Å²) in [5.74, 6) is 0.388. The number of rotatable bonds is 1. The van der Waals surface area contributed by atoms with Crippen molar-refractivity contribution in [1.29, 1.82) is 5.26 Å². The zero-order valence-corrected chi connectivity index (χ0v) is 7.65. The molecule has 0 aliphatic heterocycles. The fourth-order valence-electron chi connectivity index (χ4n) is 1.39. The molecule has 1 aliphatic carbocycles. The zero-order valence-electron chi connectivity index (χ0n) is 6.83. The van der Waals surface area contributed by atoms with Crippen LogP contribution in [0.5, 0.6) is 0 Å². The van der Waals surface area contributed by atoms with Crippen molar-refractivity contribution in [2.45, 2.75) is 23.8 Å². The molecule has 1 saturated carbocycles. The van der Waals surface area contributed by atoms with Crippen LogP contribution in [0.1, 0.15) is 29.9 Å². The molecule has 1 heterocycles. The maximum absolute atomic E-state index is 11.1. The Kier molecular flexibility index (Phi) is 1.82. The van der Waals surface area contributed by atoms with Crippen LogP contribution >= 0.6 is 0 Å². The van der Waals surface area contributed by atoms with Crippen LogP contribution in [-0.2, 0) is 12.6 Å². The van der Waals surface area contributed by atoms with E-state index >= 15 is 0 Å². The van der Waals surface area contributed by atoms with Crippen molar-refractivity contribution in [2.75, 3.05) is 0 Å². The van der Waals surface area contributed by atoms with Gasteiger partial charge in [-0.1, -0.05) is 5.03 Å². The Morgan fingerprint density at radius 2 is 2.31 bits per heavy atom. The lowest BCUT2D eigenvalue weighted by Gasteiger charge is -2.11. The van der Waals surface area contributed by atoms with Crippen molar-refractivity contribution in [3.05, 3.63) is 27.5 Å². The highest BCUT2D eigenvalue weighted by molar-refractivity contribution is 7.58. The summed E-state index contributed by atoms with van der Waals surface area (Å²) in [5.41, 5.74) is 1.10. The number of nitrogens with zero attached hydrogens (tertiary/aromatic N) is 1. The third kappa shape index (κ3) is 1.43. The number of nitriles is 1. The van der Waals surface area contributed by atoms with Crippen LogP contribution in [0.15, 0.2) is 15.9 Å². The van der Waals surface area contributed by atoms with E-state index in [1.165, 1.54) is 6.07 Å². The number of hydrogen-bond donors (Lipinski definition) is 1. The minimum absolute atomic E-state index is 0.203. The predicted molar refractivity (Wildman–Crippen MR) is 49.4 cm³/mol. The molecule has 0 aromatic carbocycles. The summed E-state index contributed by atoms with van der Waals surface area (Å²) in [6.07, 6.45) is 2.12. The van der Waals surface area contributed by atoms with Gasteiger partial charge in [-0.2, -0.15) is 5.26 Å². The van der Waals surface area contributed by atoms with E-state index in [0.717, 1.165) is 18.4 Å². The first-order chi connectivity index (χ1) is 6.22. The van der Waals surface area contributed by atoms with E-state index in [1.54, 1.807) is 0 Å². The van der Waals surface area contributed by atoms with Crippen LogP contribution in [0.4, 0.5) is 0 Å². The molecule has 4 heteroatoms. The summed E-state index contributed by atoms with van der Waals surface area (Å²) in [6.45, 7) is 0. The first-order valence-corrected chi connectivity index (χ1v) is 4.47. The highest BCUT2D eigenvalue weighted by Gasteiger charge is 2.26. The molecule has 1 aromatic heterocycles. The van der Waals surface area contributed by atoms with Gasteiger partial charge in [0.05, 0.1) is 11.6 Å². The minimum Gasteiger partial charge on any atom is -0.761 e. The summed E-state index contributed by atoms with van der Waals surface area (Å²) in [6, 6.07) is 3.53. The molecule has 0 amide bonds. The predicted octanol–water partition coefficient (Wildman–Crippen LogP) is 1.03. The van der Waals surface area contributed by atoms with Crippen LogP contribution in [-0.4, -0.2) is 4.98 Å². The quantitative estimate of drug-likeness (QED) is 0.674. The van der Waals surface area contributed by atoms with Gasteiger partial charge < -0.3 is 17.6 Å². The third-order valence-electron chi connectivity index (χ3n) is 2.17. The summed E-state index contributed by atoms with van der Waals surface area (Å²) in [4.78, 5) is 13.5. The van der Waals surface area contributed by atoms with Crippen molar-refractivity contribution >= 4 is 12.6 Å². The lowest BCUT2D eigenvalue weighted by Crippen LogP contribution is -2.09. The SMILES string of the molecule is N#Cc1c(C2CC2)cc(=O)[nH]c1[S-]. The third-order valence-corrected chi connectivity index (χ3v) is 2.47. The van der Waals surface area contributed by atoms with E-state index in [1.807, 2.05) is 6.07 Å². The van der Waals surface area contributed by atoms with Crippen molar-refractivity contribution in [1.82, 2.24) is 4.98 Å². The summed E-state index contributed by atoms with van der Waals surface area (Å²) in [5, 5.41) is 9.10. The van der Waals surface area contributed by atoms with Crippen LogP contribution in [0.25, 0.3) is 0 Å². The molecule has 1 aromatic rings. The van der Waals surface area contributed by atoms with Gasteiger partial charge in [-0.25, -0.2) is 0 Å². The molecule has 0 radical (unpaired) electrons. The number of H-pyrrole nitrogens is 1. The topological polar surface area (TPSA) is 56.6 Å². The molecule has 2 rings (SSSR count). The van der Waals surface area contributed by atoms with Gasteiger partial charge in [-0.05, 0) is 24.3 Å². The first kappa shape index (κ1) is 8.27. The van der Waals surface area contributed by atoms with Gasteiger partial charge in [0.15, 0.2) is 0 Å². The maximum Gasteiger partial charge on any atom is 0.246 e. The Hall–Kier alpha value is -1.34. The Balaban J connectivity index is 2.65. The highest BCUT2D eigenvalue weighted by Crippen LogP contribution is 2.41. The monoisotopic (exact) mass is 191 g/mol. The second kappa shape index (κ2) is 2.86. The first-order valence-electron chi connectivity index (χ1n) is 4.06. The van der Waals surface area contributed by atoms with E-state index in [2.05, 4.69) is 4.98 Å². The molecule has 0 atom stereocenters. The van der Waals surface area contributed by atoms with Crippen LogP contribution in [0.3, 0.4) is 0 Å². The smallest absolute Gasteiger partial charge is 0.246 e. The van der Waals surface area contributed by atoms with Gasteiger partial charge in [-0.15, -0.1) is 0 Å². The number of pyridine rings is 1. The second-order valence-corrected chi connectivity index (χ2v) is 3.59. The lowest BCUT2D eigenvalue weighted by atomic mass is 10.1. The lowest BCUT2D eigenvalue weighted by molar-refractivity contribution is 0.995. The molecular formula is C9H7N2OS-. The van der Waals surface area contributed by atoms with E-state index in [4.69, 9.17) is 17.9 Å². The standard InChI is InChI=1S/C9H8N2OS/c10-4-7-6(5-1-2-5)3-8(12)11-9(7)13/h3,5H,1-2H2,(H2,11,12,13)/p-1. The summed E-state index contributed by atoms with van der Waals surface area (Å²) < 4.78 is 0. The molecule has 66 valence electrons. The minimum atomic E-state index is -0.203. The van der Waals surface area contributed by atoms with E-state index < -0.39 is 0 Å². The molecule has 1 N–H and O–H groups in total. The largest absolute Gasteiger partial charge is 0.761 e. The molecule has 0 spiro atoms. The number of aromatic amines is 1. The molecule has 1 fully saturated rings. The van der Waals surface area contributed by atoms with Crippen molar-refractivity contribution in [3.8, 4) is 6.07 Å². The zero-order chi connectivity index (χ0) is 9.42. The van der Waals surface area contributed by atoms with Gasteiger partial charge in [0, 0.05) is 6.07 Å². The Labute approximate surface area is 80.8 Å². The number of aromatic nitrogens is 1. The Bertz CT molecular complexity index is 440. The summed E-state index contributed by atoms with van der Waals surface area (Å²) in [7, 11) is 0. The average Bonchev–Trinajstić information content (AvgIpc) is 2.85. The maximum atomic E-state index is 11.1. The van der Waals surface area contributed by atoms with Crippen LogP contribution in [0, 0.1) is 11.3 Å². The molecule has 0 unspecified atom stereocenters. The molecular weight excluding hydrogens is 184 g/mol. The average molecular weight is 191 g/mol. The summed E-state index contributed by atoms with van der Waals surface area (Å²) >= 11 is 4.90. The van der Waals surface area contributed by atoms with Crippen molar-refractivity contribution in [2.24, 2.45) is 0 Å². The van der Waals surface area contributed by atoms with Crippen molar-refractivity contribution < 1.29 is 0 Å². The van der Waals surface area contributed by atoms with E-state index in [9.17, 15) is 4.79 Å². The van der Waals surface area contributed by atoms with Gasteiger partial charge in [0.25, 0.3) is 0 Å². The normalized spacial score (nSPS) is 15.3. The molecule has 0 bridgehead atoms. The molecule has 1 aliphatic rings. The molecule has 0 saturated heterocycles. The van der Waals surface area contributed by atoms with Crippen LogP contribution in [0.2, 0.25) is 0 Å². The van der Waals surface area contributed by atoms with E-state index in [0.29, 0.717) is 11.5 Å². The fraction of sp³-hybridized carbons (Fsp3) is 0.333. The van der Waals surface area contributed by atoms with Gasteiger partial charge in [-0.3, -0.25) is 4.79 Å². The Morgan fingerprint density at radius 1 is 1.62 bits per heavy atom. The van der Waals surface area contributed by atoms with Crippen molar-refractivity contribution in [3.63, 3.8) is 0 Å². The van der Waals surface area contributed by atoms with Gasteiger partial charge in [0.2, 0.25) is 5.56 Å². The molecule has 3 nitrogen and oxygen atoms in total. The molecule has 13 heavy (non-hydrogen) atoms. The number of hydrogen-bond acceptors (Lipinski definition) is 3. The highest BCUT2D eigenvalue weighted by atomic mass is 32.1. The fourth-order valence-corrected chi connectivity index (χ4v) is 1.65. The van der Waals surface area contributed by atoms with E-state index in [-0.39, 0.29) is 10.6 Å². The van der Waals surface area contributed by atoms with Gasteiger partial charge >= 0.3 is 0 Å². The van der Waals surface area contributed by atoms with Gasteiger partial charge in [0.1, 0.15) is 0 Å². The Morgan fingerprint density at radius 3 is 2.85 bits per heavy atom.